The molecule has 2 nitrogen and oxygen atoms in total. The second-order valence-electron chi connectivity index (χ2n) is 0.736. The van der Waals surface area contributed by atoms with E-state index in [4.69, 9.17) is 11.6 Å². The highest BCUT2D eigenvalue weighted by atomic mass is 79.9. The lowest BCUT2D eigenvalue weighted by Crippen LogP contribution is -1.96. The Balaban J connectivity index is 4.10. The summed E-state index contributed by atoms with van der Waals surface area (Å²) < 4.78 is 18.7. The molecule has 0 saturated heterocycles. The van der Waals surface area contributed by atoms with Crippen LogP contribution in [-0.4, -0.2) is 12.0 Å². The van der Waals surface area contributed by atoms with Crippen LogP contribution in [0.25, 0.3) is 0 Å². The third kappa shape index (κ3) is 3.58. The monoisotopic (exact) mass is 226 g/mol. The van der Waals surface area contributed by atoms with Crippen molar-refractivity contribution in [3.8, 4) is 0 Å². The lowest BCUT2D eigenvalue weighted by atomic mass is 11.9. The molecule has 6 heteroatoms. The molecular weight excluding hydrogens is 227 g/mol. The molecule has 0 aromatic rings. The Bertz CT molecular complexity index is 138. The first-order valence-corrected chi connectivity index (χ1v) is 4.88. The topological polar surface area (TPSA) is 34.1 Å². The van der Waals surface area contributed by atoms with Gasteiger partial charge in [-0.2, -0.15) is 0 Å². The average molecular weight is 228 g/mol. The molecule has 0 aromatic heterocycles. The van der Waals surface area contributed by atoms with E-state index < -0.39 is 12.7 Å². The molecule has 1 atom stereocenters. The van der Waals surface area contributed by atoms with Crippen molar-refractivity contribution in [1.29, 1.82) is 0 Å². The maximum atomic E-state index is 9.92. The first-order chi connectivity index (χ1) is 2.94. The molecule has 0 amide bonds. The summed E-state index contributed by atoms with van der Waals surface area (Å²) in [6.07, 6.45) is 0. The minimum absolute atomic E-state index is 1.18. The van der Waals surface area contributed by atoms with E-state index in [9.17, 15) is 8.42 Å². The van der Waals surface area contributed by atoms with Gasteiger partial charge < -0.3 is 0 Å². The zero-order valence-corrected chi connectivity index (χ0v) is 6.85. The Labute approximate surface area is 59.3 Å². The van der Waals surface area contributed by atoms with E-state index in [-0.39, 0.29) is 0 Å². The van der Waals surface area contributed by atoms with Gasteiger partial charge in [0, 0.05) is 10.7 Å². The van der Waals surface area contributed by atoms with Gasteiger partial charge in [0.1, 0.15) is 0 Å². The first-order valence-electron chi connectivity index (χ1n) is 1.16. The van der Waals surface area contributed by atoms with E-state index >= 15 is 0 Å². The van der Waals surface area contributed by atoms with Crippen molar-refractivity contribution in [3.63, 3.8) is 0 Å². The van der Waals surface area contributed by atoms with Crippen molar-refractivity contribution in [2.45, 2.75) is 3.62 Å². The SMILES string of the molecule is O=S(=O)(Cl)C(Cl)Br. The third-order valence-corrected chi connectivity index (χ3v) is 4.27. The zero-order chi connectivity index (χ0) is 6.08. The molecule has 0 bridgehead atoms. The van der Waals surface area contributed by atoms with Gasteiger partial charge >= 0.3 is 0 Å². The summed E-state index contributed by atoms with van der Waals surface area (Å²) in [5.41, 5.74) is 0. The van der Waals surface area contributed by atoms with Crippen LogP contribution in [0.5, 0.6) is 0 Å². The Morgan fingerprint density at radius 3 is 1.71 bits per heavy atom. The quantitative estimate of drug-likeness (QED) is 0.503. The Morgan fingerprint density at radius 1 is 1.57 bits per heavy atom. The van der Waals surface area contributed by atoms with Crippen LogP contribution < -0.4 is 0 Å². The maximum Gasteiger partial charge on any atom is 0.259 e. The first kappa shape index (κ1) is 8.01. The molecule has 0 N–H and O–H groups in total. The molecule has 0 aliphatic carbocycles. The normalized spacial score (nSPS) is 16.4. The van der Waals surface area contributed by atoms with Gasteiger partial charge in [-0.1, -0.05) is 27.5 Å². The summed E-state index contributed by atoms with van der Waals surface area (Å²) in [6, 6.07) is 0. The molecular formula is CHBrCl2O2S. The standard InChI is InChI=1S/CHBrCl2O2S/c2-1(3)7(4,5)6/h1H. The van der Waals surface area contributed by atoms with Gasteiger partial charge in [-0.05, 0) is 0 Å². The highest BCUT2D eigenvalue weighted by molar-refractivity contribution is 9.12. The molecule has 0 saturated carbocycles. The van der Waals surface area contributed by atoms with Gasteiger partial charge in [0.2, 0.25) is 3.62 Å². The van der Waals surface area contributed by atoms with Crippen molar-refractivity contribution in [2.24, 2.45) is 0 Å². The summed E-state index contributed by atoms with van der Waals surface area (Å²) in [6.45, 7) is 0. The van der Waals surface area contributed by atoms with E-state index in [1.807, 2.05) is 0 Å². The highest BCUT2D eigenvalue weighted by Crippen LogP contribution is 2.16. The Morgan fingerprint density at radius 2 is 1.71 bits per heavy atom. The molecule has 0 aliphatic rings. The number of hydrogen-bond acceptors (Lipinski definition) is 2. The molecule has 1 unspecified atom stereocenters. The van der Waals surface area contributed by atoms with Crippen molar-refractivity contribution in [1.82, 2.24) is 0 Å². The van der Waals surface area contributed by atoms with Crippen molar-refractivity contribution < 1.29 is 8.42 Å². The molecule has 0 radical (unpaired) electrons. The summed E-state index contributed by atoms with van der Waals surface area (Å²) in [7, 11) is 1.08. The summed E-state index contributed by atoms with van der Waals surface area (Å²) in [5.74, 6) is 0. The molecule has 0 rings (SSSR count). The fourth-order valence-corrected chi connectivity index (χ4v) is 0. The van der Waals surface area contributed by atoms with Crippen LogP contribution in [0.3, 0.4) is 0 Å². The molecule has 0 fully saturated rings. The second kappa shape index (κ2) is 2.53. The predicted molar refractivity (Wildman–Crippen MR) is 33.3 cm³/mol. The van der Waals surface area contributed by atoms with Gasteiger partial charge in [-0.3, -0.25) is 0 Å². The van der Waals surface area contributed by atoms with Crippen LogP contribution in [0.2, 0.25) is 0 Å². The predicted octanol–water partition coefficient (Wildman–Crippen LogP) is 1.47. The van der Waals surface area contributed by atoms with Gasteiger partial charge in [-0.25, -0.2) is 8.42 Å². The Hall–Kier alpha value is 1.01. The van der Waals surface area contributed by atoms with Crippen molar-refractivity contribution in [3.05, 3.63) is 0 Å². The lowest BCUT2D eigenvalue weighted by molar-refractivity contribution is 0.612. The van der Waals surface area contributed by atoms with E-state index in [1.54, 1.807) is 0 Å². The lowest BCUT2D eigenvalue weighted by Gasteiger charge is -1.88. The molecule has 0 spiro atoms. The Kier molecular flexibility index (Phi) is 2.89. The summed E-state index contributed by atoms with van der Waals surface area (Å²) in [5, 5.41) is 0. The molecule has 44 valence electrons. The van der Waals surface area contributed by atoms with Gasteiger partial charge in [0.05, 0.1) is 0 Å². The van der Waals surface area contributed by atoms with Gasteiger partial charge in [0.15, 0.2) is 0 Å². The van der Waals surface area contributed by atoms with Crippen LogP contribution >= 0.6 is 38.2 Å². The largest absolute Gasteiger partial charge is 0.259 e. The fraction of sp³-hybridized carbons (Fsp3) is 1.00. The molecule has 0 aromatic carbocycles. The van der Waals surface area contributed by atoms with E-state index in [1.165, 1.54) is 0 Å². The number of halogens is 3. The average Bonchev–Trinajstić information content (AvgIpc) is 1.31. The van der Waals surface area contributed by atoms with Gasteiger partial charge in [0.25, 0.3) is 9.05 Å². The van der Waals surface area contributed by atoms with Crippen LogP contribution in [0.4, 0.5) is 0 Å². The summed E-state index contributed by atoms with van der Waals surface area (Å²) >= 11 is 7.49. The van der Waals surface area contributed by atoms with Crippen LogP contribution in [0.15, 0.2) is 0 Å². The maximum absolute atomic E-state index is 9.92. The number of rotatable bonds is 1. The van der Waals surface area contributed by atoms with Crippen LogP contribution in [0, 0.1) is 0 Å². The van der Waals surface area contributed by atoms with Crippen LogP contribution in [0.1, 0.15) is 0 Å². The molecule has 0 aliphatic heterocycles. The van der Waals surface area contributed by atoms with Gasteiger partial charge in [-0.15, -0.1) is 0 Å². The number of hydrogen-bond donors (Lipinski definition) is 0. The second-order valence-corrected chi connectivity index (χ2v) is 6.19. The summed E-state index contributed by atoms with van der Waals surface area (Å²) in [4.78, 5) is 0. The van der Waals surface area contributed by atoms with Crippen molar-refractivity contribution >= 4 is 47.3 Å². The number of alkyl halides is 2. The smallest absolute Gasteiger partial charge is 0.210 e. The van der Waals surface area contributed by atoms with E-state index in [2.05, 4.69) is 26.6 Å². The van der Waals surface area contributed by atoms with Crippen molar-refractivity contribution in [2.75, 3.05) is 0 Å². The zero-order valence-electron chi connectivity index (χ0n) is 2.94. The highest BCUT2D eigenvalue weighted by Gasteiger charge is 2.14. The molecule has 0 heterocycles. The molecule has 7 heavy (non-hydrogen) atoms. The third-order valence-electron chi connectivity index (χ3n) is 0.213. The minimum Gasteiger partial charge on any atom is -0.210 e. The van der Waals surface area contributed by atoms with E-state index in [0.717, 1.165) is 0 Å². The fourth-order valence-electron chi connectivity index (χ4n) is 0. The minimum atomic E-state index is -3.59. The van der Waals surface area contributed by atoms with Crippen LogP contribution in [-0.2, 0) is 9.05 Å². The van der Waals surface area contributed by atoms with E-state index in [0.29, 0.717) is 0 Å².